The number of nitrogens with one attached hydrogen (secondary N) is 2. The zero-order chi connectivity index (χ0) is 20.9. The second-order valence-corrected chi connectivity index (χ2v) is 8.39. The number of amides is 1. The lowest BCUT2D eigenvalue weighted by Gasteiger charge is -2.18. The van der Waals surface area contributed by atoms with Crippen molar-refractivity contribution < 1.29 is 9.53 Å². The maximum absolute atomic E-state index is 13.2. The molecule has 2 N–H and O–H groups in total. The first-order chi connectivity index (χ1) is 14.6. The summed E-state index contributed by atoms with van der Waals surface area (Å²) >= 11 is 1.26. The van der Waals surface area contributed by atoms with Gasteiger partial charge in [0.1, 0.15) is 5.25 Å². The molecular weight excluding hydrogens is 400 g/mol. The molecular formula is C22H24N4O3S. The van der Waals surface area contributed by atoms with Crippen molar-refractivity contribution in [1.82, 2.24) is 14.8 Å². The van der Waals surface area contributed by atoms with Gasteiger partial charge >= 0.3 is 5.69 Å². The number of ether oxygens (including phenoxy) is 1. The van der Waals surface area contributed by atoms with E-state index >= 15 is 0 Å². The Balaban J connectivity index is 1.59. The van der Waals surface area contributed by atoms with E-state index in [0.717, 1.165) is 29.7 Å². The number of rotatable bonds is 7. The maximum atomic E-state index is 13.2. The van der Waals surface area contributed by atoms with Gasteiger partial charge in [-0.15, -0.1) is 5.10 Å². The van der Waals surface area contributed by atoms with Gasteiger partial charge in [0.15, 0.2) is 5.16 Å². The van der Waals surface area contributed by atoms with Gasteiger partial charge in [-0.05, 0) is 37.5 Å². The lowest BCUT2D eigenvalue weighted by molar-refractivity contribution is -0.115. The monoisotopic (exact) mass is 424 g/mol. The van der Waals surface area contributed by atoms with Crippen molar-refractivity contribution in [2.45, 2.75) is 42.8 Å². The molecule has 8 heteroatoms. The lowest BCUT2D eigenvalue weighted by atomic mass is 10.1. The molecule has 0 saturated carbocycles. The Morgan fingerprint density at radius 1 is 1.27 bits per heavy atom. The summed E-state index contributed by atoms with van der Waals surface area (Å²) in [6.45, 7) is 3.14. The molecule has 1 aliphatic heterocycles. The number of thioether (sulfide) groups is 1. The van der Waals surface area contributed by atoms with Gasteiger partial charge < -0.3 is 10.1 Å². The quantitative estimate of drug-likeness (QED) is 0.567. The summed E-state index contributed by atoms with van der Waals surface area (Å²) in [4.78, 5) is 25.5. The Morgan fingerprint density at radius 3 is 2.73 bits per heavy atom. The van der Waals surface area contributed by atoms with E-state index in [1.165, 1.54) is 11.8 Å². The van der Waals surface area contributed by atoms with Gasteiger partial charge in [0, 0.05) is 12.3 Å². The van der Waals surface area contributed by atoms with E-state index < -0.39 is 5.25 Å². The van der Waals surface area contributed by atoms with Crippen LogP contribution < -0.4 is 11.0 Å². The minimum absolute atomic E-state index is 0.00351. The Labute approximate surface area is 178 Å². The third kappa shape index (κ3) is 4.83. The van der Waals surface area contributed by atoms with Crippen LogP contribution in [0.25, 0.3) is 0 Å². The fourth-order valence-corrected chi connectivity index (χ4v) is 4.45. The number of hydrogen-bond acceptors (Lipinski definition) is 5. The molecule has 0 radical (unpaired) electrons. The van der Waals surface area contributed by atoms with Crippen LogP contribution in [0, 0.1) is 6.92 Å². The highest BCUT2D eigenvalue weighted by Gasteiger charge is 2.27. The van der Waals surface area contributed by atoms with E-state index in [9.17, 15) is 9.59 Å². The van der Waals surface area contributed by atoms with E-state index in [-0.39, 0.29) is 17.7 Å². The van der Waals surface area contributed by atoms with Crippen molar-refractivity contribution in [3.8, 4) is 0 Å². The van der Waals surface area contributed by atoms with Gasteiger partial charge in [-0.3, -0.25) is 9.36 Å². The molecule has 156 valence electrons. The summed E-state index contributed by atoms with van der Waals surface area (Å²) in [5.41, 5.74) is 2.40. The van der Waals surface area contributed by atoms with Crippen LogP contribution in [0.5, 0.6) is 0 Å². The predicted molar refractivity (Wildman–Crippen MR) is 117 cm³/mol. The Hall–Kier alpha value is -2.84. The van der Waals surface area contributed by atoms with Crippen LogP contribution in [0.15, 0.2) is 64.5 Å². The number of aromatic nitrogens is 3. The molecule has 1 saturated heterocycles. The van der Waals surface area contributed by atoms with Crippen LogP contribution in [-0.2, 0) is 16.1 Å². The van der Waals surface area contributed by atoms with Crippen molar-refractivity contribution >= 4 is 23.4 Å². The van der Waals surface area contributed by atoms with Crippen LogP contribution in [0.3, 0.4) is 0 Å². The van der Waals surface area contributed by atoms with Gasteiger partial charge in [0.05, 0.1) is 12.6 Å². The minimum Gasteiger partial charge on any atom is -0.376 e. The molecule has 1 amide bonds. The van der Waals surface area contributed by atoms with Crippen LogP contribution in [0.4, 0.5) is 5.69 Å². The summed E-state index contributed by atoms with van der Waals surface area (Å²) in [7, 11) is 0. The summed E-state index contributed by atoms with van der Waals surface area (Å²) in [6, 6.07) is 17.2. The van der Waals surface area contributed by atoms with Crippen LogP contribution in [-0.4, -0.2) is 33.4 Å². The smallest absolute Gasteiger partial charge is 0.344 e. The zero-order valence-electron chi connectivity index (χ0n) is 16.7. The van der Waals surface area contributed by atoms with E-state index in [2.05, 4.69) is 15.5 Å². The van der Waals surface area contributed by atoms with Crippen LogP contribution in [0.2, 0.25) is 0 Å². The molecule has 3 aromatic rings. The van der Waals surface area contributed by atoms with Gasteiger partial charge in [-0.25, -0.2) is 9.89 Å². The number of carbonyl (C=O) groups excluding carboxylic acids is 1. The molecule has 4 rings (SSSR count). The highest BCUT2D eigenvalue weighted by molar-refractivity contribution is 8.00. The SMILES string of the molecule is Cc1ccc(NC(=O)C(Sc2n[nH]c(=O)n2CC2CCCO2)c2ccccc2)cc1. The van der Waals surface area contributed by atoms with Crippen molar-refractivity contribution in [1.29, 1.82) is 0 Å². The van der Waals surface area contributed by atoms with Crippen molar-refractivity contribution in [2.75, 3.05) is 11.9 Å². The third-order valence-corrected chi connectivity index (χ3v) is 6.26. The van der Waals surface area contributed by atoms with E-state index in [0.29, 0.717) is 18.3 Å². The predicted octanol–water partition coefficient (Wildman–Crippen LogP) is 3.53. The fraction of sp³-hybridized carbons (Fsp3) is 0.318. The first kappa shape index (κ1) is 20.4. The summed E-state index contributed by atoms with van der Waals surface area (Å²) in [6.07, 6.45) is 1.90. The van der Waals surface area contributed by atoms with Crippen molar-refractivity contribution in [2.24, 2.45) is 0 Å². The minimum atomic E-state index is -0.564. The number of benzene rings is 2. The molecule has 0 bridgehead atoms. The highest BCUT2D eigenvalue weighted by atomic mass is 32.2. The Bertz CT molecular complexity index is 1040. The summed E-state index contributed by atoms with van der Waals surface area (Å²) < 4.78 is 7.24. The number of hydrogen-bond donors (Lipinski definition) is 2. The number of carbonyl (C=O) groups is 1. The number of anilines is 1. The van der Waals surface area contributed by atoms with E-state index in [4.69, 9.17) is 4.74 Å². The van der Waals surface area contributed by atoms with Gasteiger partial charge in [0.25, 0.3) is 0 Å². The summed E-state index contributed by atoms with van der Waals surface area (Å²) in [5.74, 6) is -0.172. The Kier molecular flexibility index (Phi) is 6.35. The van der Waals surface area contributed by atoms with E-state index in [1.807, 2.05) is 61.5 Å². The van der Waals surface area contributed by atoms with Crippen LogP contribution >= 0.6 is 11.8 Å². The summed E-state index contributed by atoms with van der Waals surface area (Å²) in [5, 5.41) is 9.58. The Morgan fingerprint density at radius 2 is 2.03 bits per heavy atom. The second kappa shape index (κ2) is 9.32. The highest BCUT2D eigenvalue weighted by Crippen LogP contribution is 2.35. The first-order valence-electron chi connectivity index (χ1n) is 9.96. The molecule has 2 unspecified atom stereocenters. The number of H-pyrrole nitrogens is 1. The largest absolute Gasteiger partial charge is 0.376 e. The number of aromatic amines is 1. The standard InChI is InChI=1S/C22H24N4O3S/c1-15-9-11-17(12-10-15)23-20(27)19(16-6-3-2-4-7-16)30-22-25-24-21(28)26(22)14-18-8-5-13-29-18/h2-4,6-7,9-12,18-19H,5,8,13-14H2,1H3,(H,23,27)(H,24,28). The van der Waals surface area contributed by atoms with Gasteiger partial charge in [-0.1, -0.05) is 59.8 Å². The fourth-order valence-electron chi connectivity index (χ4n) is 3.40. The lowest BCUT2D eigenvalue weighted by Crippen LogP contribution is -2.25. The average molecular weight is 425 g/mol. The topological polar surface area (TPSA) is 89.0 Å². The van der Waals surface area contributed by atoms with Crippen molar-refractivity contribution in [3.63, 3.8) is 0 Å². The molecule has 2 aromatic carbocycles. The molecule has 1 aliphatic rings. The zero-order valence-corrected chi connectivity index (χ0v) is 17.5. The molecule has 2 atom stereocenters. The normalized spacial score (nSPS) is 17.0. The van der Waals surface area contributed by atoms with Gasteiger partial charge in [0.2, 0.25) is 5.91 Å². The molecule has 30 heavy (non-hydrogen) atoms. The van der Waals surface area contributed by atoms with E-state index in [1.54, 1.807) is 4.57 Å². The second-order valence-electron chi connectivity index (χ2n) is 7.32. The molecule has 7 nitrogen and oxygen atoms in total. The average Bonchev–Trinajstić information content (AvgIpc) is 3.39. The first-order valence-corrected chi connectivity index (χ1v) is 10.8. The molecule has 1 fully saturated rings. The number of nitrogens with zero attached hydrogens (tertiary/aromatic N) is 2. The third-order valence-electron chi connectivity index (χ3n) is 5.02. The maximum Gasteiger partial charge on any atom is 0.344 e. The van der Waals surface area contributed by atoms with Crippen molar-refractivity contribution in [3.05, 3.63) is 76.2 Å². The molecule has 0 aliphatic carbocycles. The molecule has 1 aromatic heterocycles. The molecule has 0 spiro atoms. The van der Waals surface area contributed by atoms with Crippen LogP contribution in [0.1, 0.15) is 29.2 Å². The molecule has 2 heterocycles. The number of aryl methyl sites for hydroxylation is 1. The van der Waals surface area contributed by atoms with Gasteiger partial charge in [-0.2, -0.15) is 0 Å².